The summed E-state index contributed by atoms with van der Waals surface area (Å²) in [5.74, 6) is 0.109. The Morgan fingerprint density at radius 2 is 1.29 bits per heavy atom. The summed E-state index contributed by atoms with van der Waals surface area (Å²) in [5, 5.41) is 4.53. The van der Waals surface area contributed by atoms with Gasteiger partial charge in [-0.2, -0.15) is 0 Å². The minimum absolute atomic E-state index is 0.109. The third-order valence-corrected chi connectivity index (χ3v) is 9.56. The molecule has 5 aromatic rings. The molecule has 1 aliphatic heterocycles. The van der Waals surface area contributed by atoms with Gasteiger partial charge in [-0.1, -0.05) is 120 Å². The zero-order chi connectivity index (χ0) is 30.6. The Bertz CT molecular complexity index is 1730. The van der Waals surface area contributed by atoms with E-state index in [1.807, 2.05) is 41.4 Å². The number of hydrogen-bond donors (Lipinski definition) is 1. The van der Waals surface area contributed by atoms with Gasteiger partial charge in [0.25, 0.3) is 0 Å². The first-order valence-electron chi connectivity index (χ1n) is 15.8. The zero-order valence-corrected chi connectivity index (χ0v) is 26.0. The molecule has 7 rings (SSSR count). The van der Waals surface area contributed by atoms with Gasteiger partial charge in [0.15, 0.2) is 0 Å². The number of likely N-dealkylation sites (tertiary alicyclic amines) is 1. The molecule has 0 spiro atoms. The Morgan fingerprint density at radius 3 is 1.89 bits per heavy atom. The summed E-state index contributed by atoms with van der Waals surface area (Å²) in [4.78, 5) is 20.8. The molecule has 5 heteroatoms. The summed E-state index contributed by atoms with van der Waals surface area (Å²) in [7, 11) is 0. The predicted octanol–water partition coefficient (Wildman–Crippen LogP) is 7.84. The summed E-state index contributed by atoms with van der Waals surface area (Å²) in [5.41, 5.74) is 10.1. The number of aromatic nitrogens is 1. The number of aryl methyl sites for hydroxylation is 2. The van der Waals surface area contributed by atoms with Gasteiger partial charge in [0.05, 0.1) is 17.8 Å². The minimum atomic E-state index is -0.678. The van der Waals surface area contributed by atoms with Crippen LogP contribution >= 0.6 is 11.6 Å². The van der Waals surface area contributed by atoms with Crippen LogP contribution in [0, 0.1) is 0 Å². The van der Waals surface area contributed by atoms with Crippen molar-refractivity contribution in [1.29, 1.82) is 0 Å². The van der Waals surface area contributed by atoms with Gasteiger partial charge < -0.3 is 4.90 Å². The summed E-state index contributed by atoms with van der Waals surface area (Å²) in [6.07, 6.45) is 5.41. The van der Waals surface area contributed by atoms with Gasteiger partial charge in [-0.15, -0.1) is 0 Å². The van der Waals surface area contributed by atoms with Crippen LogP contribution in [0.25, 0.3) is 5.57 Å². The highest BCUT2D eigenvalue weighted by Gasteiger charge is 2.37. The van der Waals surface area contributed by atoms with E-state index in [1.54, 1.807) is 0 Å². The number of nitrogens with one attached hydrogen (secondary N) is 1. The van der Waals surface area contributed by atoms with Crippen LogP contribution in [0.1, 0.15) is 51.9 Å². The van der Waals surface area contributed by atoms with Gasteiger partial charge in [-0.05, 0) is 77.3 Å². The van der Waals surface area contributed by atoms with E-state index in [9.17, 15) is 4.79 Å². The van der Waals surface area contributed by atoms with Crippen molar-refractivity contribution >= 4 is 23.1 Å². The molecule has 1 N–H and O–H groups in total. The molecule has 2 aliphatic rings. The van der Waals surface area contributed by atoms with Gasteiger partial charge in [0.2, 0.25) is 5.91 Å². The fraction of sp³-hybridized carbons (Fsp3) is 0.200. The van der Waals surface area contributed by atoms with Crippen molar-refractivity contribution in [1.82, 2.24) is 15.2 Å². The van der Waals surface area contributed by atoms with E-state index in [1.165, 1.54) is 27.8 Å². The Hall–Kier alpha value is -4.51. The number of piperidine rings is 1. The quantitative estimate of drug-likeness (QED) is 0.200. The van der Waals surface area contributed by atoms with E-state index in [4.69, 9.17) is 16.6 Å². The van der Waals surface area contributed by atoms with Gasteiger partial charge in [-0.3, -0.25) is 15.1 Å². The molecule has 1 amide bonds. The summed E-state index contributed by atoms with van der Waals surface area (Å²) < 4.78 is 0. The fourth-order valence-electron chi connectivity index (χ4n) is 7.10. The number of carbonyl (C=O) groups excluding carboxylic acids is 1. The lowest BCUT2D eigenvalue weighted by molar-refractivity contribution is -0.130. The number of fused-ring (bicyclic) bond motifs is 2. The Balaban J connectivity index is 1.17. The highest BCUT2D eigenvalue weighted by molar-refractivity contribution is 6.30. The number of rotatable bonds is 6. The van der Waals surface area contributed by atoms with Crippen LogP contribution in [-0.4, -0.2) is 35.4 Å². The van der Waals surface area contributed by atoms with Gasteiger partial charge >= 0.3 is 0 Å². The van der Waals surface area contributed by atoms with Crippen molar-refractivity contribution in [2.75, 3.05) is 19.6 Å². The molecule has 1 fully saturated rings. The first-order chi connectivity index (χ1) is 22.1. The summed E-state index contributed by atoms with van der Waals surface area (Å²) in [6, 6.07) is 41.8. The van der Waals surface area contributed by atoms with E-state index < -0.39 is 5.54 Å². The maximum absolute atomic E-state index is 13.9. The molecule has 1 aliphatic carbocycles. The van der Waals surface area contributed by atoms with Crippen molar-refractivity contribution in [3.63, 3.8) is 0 Å². The maximum Gasteiger partial charge on any atom is 0.236 e. The molecule has 2 heterocycles. The number of hydrogen-bond acceptors (Lipinski definition) is 3. The van der Waals surface area contributed by atoms with Gasteiger partial charge in [-0.25, -0.2) is 0 Å². The average Bonchev–Trinajstić information content (AvgIpc) is 3.26. The minimum Gasteiger partial charge on any atom is -0.341 e. The van der Waals surface area contributed by atoms with Crippen LogP contribution in [0.4, 0.5) is 0 Å². The number of nitrogens with zero attached hydrogens (tertiary/aromatic N) is 2. The standard InChI is InChI=1S/C40H36ClN3O/c41-35-20-21-36-31(27-35)19-18-30-11-10-24-42-39(30)38(36)29-22-25-44(26-23-29)37(45)28-43-40(32-12-4-1-5-13-32,33-14-6-2-7-15-33)34-16-8-3-9-17-34/h1-17,20-21,24,27,43H,18-19,22-23,25-26,28H2. The van der Waals surface area contributed by atoms with E-state index in [2.05, 4.69) is 96.3 Å². The maximum atomic E-state index is 13.9. The van der Waals surface area contributed by atoms with Gasteiger partial charge in [0, 0.05) is 29.9 Å². The molecule has 4 aromatic carbocycles. The largest absolute Gasteiger partial charge is 0.341 e. The molecule has 4 nitrogen and oxygen atoms in total. The molecule has 0 bridgehead atoms. The SMILES string of the molecule is O=C(CNC(c1ccccc1)(c1ccccc1)c1ccccc1)N1CCC(=C2c3ccc(Cl)cc3CCc3cccnc32)CC1. The molecule has 224 valence electrons. The van der Waals surface area contributed by atoms with E-state index in [0.29, 0.717) is 13.1 Å². The van der Waals surface area contributed by atoms with Crippen LogP contribution < -0.4 is 5.32 Å². The highest BCUT2D eigenvalue weighted by Crippen LogP contribution is 2.39. The molecule has 0 saturated carbocycles. The highest BCUT2D eigenvalue weighted by atomic mass is 35.5. The lowest BCUT2D eigenvalue weighted by atomic mass is 9.77. The molecule has 0 unspecified atom stereocenters. The average molecular weight is 610 g/mol. The molecule has 0 radical (unpaired) electrons. The Labute approximate surface area is 270 Å². The molecule has 1 saturated heterocycles. The zero-order valence-electron chi connectivity index (χ0n) is 25.3. The van der Waals surface area contributed by atoms with Crippen molar-refractivity contribution in [2.45, 2.75) is 31.2 Å². The van der Waals surface area contributed by atoms with Crippen molar-refractivity contribution < 1.29 is 4.79 Å². The topological polar surface area (TPSA) is 45.2 Å². The van der Waals surface area contributed by atoms with Crippen LogP contribution in [0.3, 0.4) is 0 Å². The Morgan fingerprint density at radius 1 is 0.711 bits per heavy atom. The van der Waals surface area contributed by atoms with Crippen molar-refractivity contribution in [2.24, 2.45) is 0 Å². The smallest absolute Gasteiger partial charge is 0.236 e. The fourth-order valence-corrected chi connectivity index (χ4v) is 7.29. The van der Waals surface area contributed by atoms with Crippen LogP contribution in [0.2, 0.25) is 5.02 Å². The lowest BCUT2D eigenvalue weighted by Crippen LogP contribution is -2.50. The lowest BCUT2D eigenvalue weighted by Gasteiger charge is -2.38. The van der Waals surface area contributed by atoms with Crippen LogP contribution in [0.15, 0.2) is 133 Å². The van der Waals surface area contributed by atoms with Crippen LogP contribution in [-0.2, 0) is 23.2 Å². The molecule has 0 atom stereocenters. The number of carbonyl (C=O) groups is 1. The summed E-state index contributed by atoms with van der Waals surface area (Å²) in [6.45, 7) is 1.58. The number of pyridine rings is 1. The van der Waals surface area contributed by atoms with Crippen LogP contribution in [0.5, 0.6) is 0 Å². The molecule has 45 heavy (non-hydrogen) atoms. The molecule has 1 aromatic heterocycles. The number of amides is 1. The predicted molar refractivity (Wildman–Crippen MR) is 182 cm³/mol. The monoisotopic (exact) mass is 609 g/mol. The third kappa shape index (κ3) is 5.72. The molecular formula is C40H36ClN3O. The van der Waals surface area contributed by atoms with Crippen molar-refractivity contribution in [3.8, 4) is 0 Å². The second-order valence-corrected chi connectivity index (χ2v) is 12.3. The normalized spacial score (nSPS) is 14.8. The first-order valence-corrected chi connectivity index (χ1v) is 16.2. The number of benzene rings is 4. The number of halogens is 1. The summed E-state index contributed by atoms with van der Waals surface area (Å²) >= 11 is 6.43. The van der Waals surface area contributed by atoms with Gasteiger partial charge in [0.1, 0.15) is 0 Å². The molecular weight excluding hydrogens is 574 g/mol. The second-order valence-electron chi connectivity index (χ2n) is 11.9. The van der Waals surface area contributed by atoms with E-state index in [-0.39, 0.29) is 12.5 Å². The van der Waals surface area contributed by atoms with E-state index >= 15 is 0 Å². The van der Waals surface area contributed by atoms with Crippen molar-refractivity contribution in [3.05, 3.63) is 177 Å². The van der Waals surface area contributed by atoms with E-state index in [0.717, 1.165) is 53.1 Å². The third-order valence-electron chi connectivity index (χ3n) is 9.33. The first kappa shape index (κ1) is 29.2. The second kappa shape index (κ2) is 12.8. The Kier molecular flexibility index (Phi) is 8.34.